The van der Waals surface area contributed by atoms with E-state index in [2.05, 4.69) is 0 Å². The predicted octanol–water partition coefficient (Wildman–Crippen LogP) is 2.71. The van der Waals surface area contributed by atoms with Gasteiger partial charge in [0.15, 0.2) is 5.78 Å². The Bertz CT molecular complexity index is 490. The summed E-state index contributed by atoms with van der Waals surface area (Å²) < 4.78 is 0. The number of nitrogens with zero attached hydrogens (tertiary/aromatic N) is 2. The zero-order chi connectivity index (χ0) is 15.1. The quantitative estimate of drug-likeness (QED) is 0.591. The maximum atomic E-state index is 11.9. The van der Waals surface area contributed by atoms with Crippen molar-refractivity contribution in [3.05, 3.63) is 42.1 Å². The molecule has 1 aromatic carbocycles. The van der Waals surface area contributed by atoms with Gasteiger partial charge in [0.05, 0.1) is 0 Å². The van der Waals surface area contributed by atoms with Gasteiger partial charge in [-0.1, -0.05) is 6.92 Å². The number of rotatable bonds is 6. The maximum absolute atomic E-state index is 11.9. The number of anilines is 1. The third-order valence-corrected chi connectivity index (χ3v) is 2.91. The minimum atomic E-state index is -0.0462. The van der Waals surface area contributed by atoms with Crippen LogP contribution in [0.25, 0.3) is 0 Å². The van der Waals surface area contributed by atoms with E-state index in [0.29, 0.717) is 18.5 Å². The smallest absolute Gasteiger partial charge is 0.226 e. The molecule has 1 rings (SSSR count). The second-order valence-corrected chi connectivity index (χ2v) is 4.68. The molecule has 0 saturated carbocycles. The van der Waals surface area contributed by atoms with E-state index in [1.165, 1.54) is 6.08 Å². The molecule has 0 aromatic heterocycles. The highest BCUT2D eigenvalue weighted by Crippen LogP contribution is 2.16. The SMILES string of the molecule is CCC(=O)N(CC)c1ccc(C(=O)/C=C/N(C)C)cc1. The lowest BCUT2D eigenvalue weighted by atomic mass is 10.1. The zero-order valence-corrected chi connectivity index (χ0v) is 12.6. The van der Waals surface area contributed by atoms with Gasteiger partial charge >= 0.3 is 0 Å². The number of carbonyl (C=O) groups is 2. The van der Waals surface area contributed by atoms with E-state index >= 15 is 0 Å². The van der Waals surface area contributed by atoms with Gasteiger partial charge in [-0.3, -0.25) is 9.59 Å². The minimum Gasteiger partial charge on any atom is -0.383 e. The van der Waals surface area contributed by atoms with Gasteiger partial charge in [-0.05, 0) is 31.2 Å². The molecular formula is C16H22N2O2. The van der Waals surface area contributed by atoms with Gasteiger partial charge in [0.1, 0.15) is 0 Å². The van der Waals surface area contributed by atoms with Crippen molar-refractivity contribution in [3.8, 4) is 0 Å². The van der Waals surface area contributed by atoms with Crippen LogP contribution in [0.2, 0.25) is 0 Å². The molecule has 0 spiro atoms. The molecule has 0 bridgehead atoms. The summed E-state index contributed by atoms with van der Waals surface area (Å²) in [7, 11) is 3.73. The summed E-state index contributed by atoms with van der Waals surface area (Å²) in [5.41, 5.74) is 1.44. The van der Waals surface area contributed by atoms with Crippen molar-refractivity contribution in [2.24, 2.45) is 0 Å². The first-order chi connectivity index (χ1) is 9.49. The van der Waals surface area contributed by atoms with Crippen LogP contribution in [0.4, 0.5) is 5.69 Å². The molecule has 0 N–H and O–H groups in total. The van der Waals surface area contributed by atoms with Crippen molar-refractivity contribution >= 4 is 17.4 Å². The maximum Gasteiger partial charge on any atom is 0.226 e. The van der Waals surface area contributed by atoms with Gasteiger partial charge in [-0.15, -0.1) is 0 Å². The Hall–Kier alpha value is -2.10. The van der Waals surface area contributed by atoms with Gasteiger partial charge in [0, 0.05) is 50.6 Å². The lowest BCUT2D eigenvalue weighted by molar-refractivity contribution is -0.118. The van der Waals surface area contributed by atoms with Crippen LogP contribution in [0.15, 0.2) is 36.5 Å². The Morgan fingerprint density at radius 3 is 2.15 bits per heavy atom. The topological polar surface area (TPSA) is 40.6 Å². The van der Waals surface area contributed by atoms with Crippen LogP contribution >= 0.6 is 0 Å². The normalized spacial score (nSPS) is 10.6. The summed E-state index contributed by atoms with van der Waals surface area (Å²) in [5, 5.41) is 0. The Labute approximate surface area is 120 Å². The molecule has 1 amide bonds. The minimum absolute atomic E-state index is 0.0462. The van der Waals surface area contributed by atoms with Crippen LogP contribution in [0, 0.1) is 0 Å². The number of amides is 1. The number of ketones is 1. The molecule has 1 aromatic rings. The summed E-state index contributed by atoms with van der Waals surface area (Å²) in [6.45, 7) is 4.40. The second-order valence-electron chi connectivity index (χ2n) is 4.68. The number of hydrogen-bond donors (Lipinski definition) is 0. The molecule has 0 fully saturated rings. The summed E-state index contributed by atoms with van der Waals surface area (Å²) in [4.78, 5) is 27.2. The average molecular weight is 274 g/mol. The van der Waals surface area contributed by atoms with E-state index in [1.54, 1.807) is 23.2 Å². The number of carbonyl (C=O) groups excluding carboxylic acids is 2. The van der Waals surface area contributed by atoms with Gasteiger partial charge in [0.2, 0.25) is 5.91 Å². The van der Waals surface area contributed by atoms with Crippen molar-refractivity contribution < 1.29 is 9.59 Å². The van der Waals surface area contributed by atoms with E-state index in [0.717, 1.165) is 5.69 Å². The Morgan fingerprint density at radius 1 is 1.10 bits per heavy atom. The van der Waals surface area contributed by atoms with Crippen molar-refractivity contribution in [2.75, 3.05) is 25.5 Å². The fourth-order valence-electron chi connectivity index (χ4n) is 1.81. The highest BCUT2D eigenvalue weighted by atomic mass is 16.2. The lowest BCUT2D eigenvalue weighted by Crippen LogP contribution is -2.29. The van der Waals surface area contributed by atoms with E-state index in [-0.39, 0.29) is 11.7 Å². The monoisotopic (exact) mass is 274 g/mol. The number of allylic oxidation sites excluding steroid dienone is 1. The largest absolute Gasteiger partial charge is 0.383 e. The number of hydrogen-bond acceptors (Lipinski definition) is 3. The molecule has 0 aliphatic carbocycles. The van der Waals surface area contributed by atoms with Gasteiger partial charge in [0.25, 0.3) is 0 Å². The summed E-state index contributed by atoms with van der Waals surface area (Å²) in [6.07, 6.45) is 3.72. The van der Waals surface area contributed by atoms with E-state index in [1.807, 2.05) is 45.0 Å². The van der Waals surface area contributed by atoms with Crippen LogP contribution in [-0.2, 0) is 4.79 Å². The predicted molar refractivity (Wildman–Crippen MR) is 81.9 cm³/mol. The van der Waals surface area contributed by atoms with Gasteiger partial charge < -0.3 is 9.80 Å². The van der Waals surface area contributed by atoms with Gasteiger partial charge in [-0.25, -0.2) is 0 Å². The van der Waals surface area contributed by atoms with E-state index < -0.39 is 0 Å². The summed E-state index contributed by atoms with van der Waals surface area (Å²) in [6, 6.07) is 7.13. The second kappa shape index (κ2) is 7.48. The Kier molecular flexibility index (Phi) is 5.97. The molecule has 0 saturated heterocycles. The third kappa shape index (κ3) is 4.23. The molecule has 4 heteroatoms. The fourth-order valence-corrected chi connectivity index (χ4v) is 1.81. The van der Waals surface area contributed by atoms with Crippen LogP contribution in [0.1, 0.15) is 30.6 Å². The summed E-state index contributed by atoms with van der Waals surface area (Å²) in [5.74, 6) is 0.0363. The molecule has 0 unspecified atom stereocenters. The molecule has 0 aliphatic heterocycles. The van der Waals surface area contributed by atoms with Gasteiger partial charge in [-0.2, -0.15) is 0 Å². The molecule has 0 aliphatic rings. The van der Waals surface area contributed by atoms with Crippen LogP contribution < -0.4 is 4.90 Å². The molecular weight excluding hydrogens is 252 g/mol. The molecule has 108 valence electrons. The zero-order valence-electron chi connectivity index (χ0n) is 12.6. The standard InChI is InChI=1S/C16H22N2O2/c1-5-16(20)18(6-2)14-9-7-13(8-10-14)15(19)11-12-17(3)4/h7-12H,5-6H2,1-4H3/b12-11+. The molecule has 0 heterocycles. The fraction of sp³-hybridized carbons (Fsp3) is 0.375. The van der Waals surface area contributed by atoms with Crippen molar-refractivity contribution in [3.63, 3.8) is 0 Å². The van der Waals surface area contributed by atoms with Crippen LogP contribution in [0.5, 0.6) is 0 Å². The molecule has 4 nitrogen and oxygen atoms in total. The van der Waals surface area contributed by atoms with Crippen LogP contribution in [-0.4, -0.2) is 37.2 Å². The third-order valence-electron chi connectivity index (χ3n) is 2.91. The lowest BCUT2D eigenvalue weighted by Gasteiger charge is -2.20. The highest BCUT2D eigenvalue weighted by molar-refractivity contribution is 6.04. The first-order valence-electron chi connectivity index (χ1n) is 6.79. The van der Waals surface area contributed by atoms with Crippen molar-refractivity contribution in [1.29, 1.82) is 0 Å². The molecule has 20 heavy (non-hydrogen) atoms. The average Bonchev–Trinajstić information content (AvgIpc) is 2.45. The molecule has 0 radical (unpaired) electrons. The van der Waals surface area contributed by atoms with Crippen LogP contribution in [0.3, 0.4) is 0 Å². The Morgan fingerprint density at radius 2 is 1.70 bits per heavy atom. The first-order valence-corrected chi connectivity index (χ1v) is 6.79. The summed E-state index contributed by atoms with van der Waals surface area (Å²) >= 11 is 0. The highest BCUT2D eigenvalue weighted by Gasteiger charge is 2.12. The Balaban J connectivity index is 2.88. The van der Waals surface area contributed by atoms with E-state index in [4.69, 9.17) is 0 Å². The number of benzene rings is 1. The first kappa shape index (κ1) is 16.0. The van der Waals surface area contributed by atoms with E-state index in [9.17, 15) is 9.59 Å². The van der Waals surface area contributed by atoms with Crippen molar-refractivity contribution in [1.82, 2.24) is 4.90 Å². The van der Waals surface area contributed by atoms with Crippen molar-refractivity contribution in [2.45, 2.75) is 20.3 Å². The molecule has 0 atom stereocenters.